The van der Waals surface area contributed by atoms with Crippen LogP contribution < -0.4 is 10.6 Å². The first kappa shape index (κ1) is 17.1. The number of carbonyl (C=O) groups is 2. The average Bonchev–Trinajstić information content (AvgIpc) is 2.94. The molecule has 0 aliphatic carbocycles. The first-order chi connectivity index (χ1) is 10.9. The maximum atomic E-state index is 12.1. The summed E-state index contributed by atoms with van der Waals surface area (Å²) in [4.78, 5) is 29.5. The molecule has 2 amide bonds. The smallest absolute Gasteiger partial charge is 0.313 e. The Kier molecular flexibility index (Phi) is 5.50. The third kappa shape index (κ3) is 4.39. The monoisotopic (exact) mass is 331 g/mol. The molecule has 122 valence electrons. The Morgan fingerprint density at radius 2 is 1.91 bits per heavy atom. The van der Waals surface area contributed by atoms with E-state index >= 15 is 0 Å². The zero-order chi connectivity index (χ0) is 17.0. The van der Waals surface area contributed by atoms with Gasteiger partial charge in [0.25, 0.3) is 0 Å². The second kappa shape index (κ2) is 7.37. The maximum absolute atomic E-state index is 12.1. The van der Waals surface area contributed by atoms with Crippen LogP contribution in [0.25, 0.3) is 0 Å². The van der Waals surface area contributed by atoms with Crippen LogP contribution >= 0.6 is 11.3 Å². The standard InChI is InChI=1S/C17H21N3O2S/c1-5-14(17-18-9-12(4)23-17)20-16(22)15(21)19-13-7-6-10(2)11(3)8-13/h6-9,14H,5H2,1-4H3,(H,19,21)(H,20,22)/t14-/m0/s1. The zero-order valence-electron chi connectivity index (χ0n) is 13.8. The molecular formula is C17H21N3O2S. The topological polar surface area (TPSA) is 71.1 Å². The number of benzene rings is 1. The van der Waals surface area contributed by atoms with Crippen LogP contribution in [0.3, 0.4) is 0 Å². The van der Waals surface area contributed by atoms with Crippen LogP contribution in [-0.4, -0.2) is 16.8 Å². The Morgan fingerprint density at radius 1 is 1.17 bits per heavy atom. The number of rotatable bonds is 4. The summed E-state index contributed by atoms with van der Waals surface area (Å²) >= 11 is 1.52. The van der Waals surface area contributed by atoms with Crippen molar-refractivity contribution in [3.63, 3.8) is 0 Å². The number of hydrogen-bond acceptors (Lipinski definition) is 4. The lowest BCUT2D eigenvalue weighted by molar-refractivity contribution is -0.136. The van der Waals surface area contributed by atoms with Gasteiger partial charge in [-0.2, -0.15) is 0 Å². The first-order valence-corrected chi connectivity index (χ1v) is 8.33. The summed E-state index contributed by atoms with van der Waals surface area (Å²) in [5.41, 5.74) is 2.82. The van der Waals surface area contributed by atoms with E-state index in [0.29, 0.717) is 12.1 Å². The highest BCUT2D eigenvalue weighted by molar-refractivity contribution is 7.11. The van der Waals surface area contributed by atoms with Gasteiger partial charge in [0, 0.05) is 16.8 Å². The number of carbonyl (C=O) groups excluding carboxylic acids is 2. The molecule has 6 heteroatoms. The third-order valence-electron chi connectivity index (χ3n) is 3.62. The average molecular weight is 331 g/mol. The SMILES string of the molecule is CC[C@H](NC(=O)C(=O)Nc1ccc(C)c(C)c1)c1ncc(C)s1. The predicted molar refractivity (Wildman–Crippen MR) is 92.6 cm³/mol. The fourth-order valence-electron chi connectivity index (χ4n) is 2.10. The summed E-state index contributed by atoms with van der Waals surface area (Å²) in [7, 11) is 0. The number of nitrogens with one attached hydrogen (secondary N) is 2. The second-order valence-corrected chi connectivity index (χ2v) is 6.76. The number of thiazole rings is 1. The molecule has 0 aliphatic rings. The van der Waals surface area contributed by atoms with Gasteiger partial charge >= 0.3 is 11.8 Å². The Morgan fingerprint density at radius 3 is 2.48 bits per heavy atom. The van der Waals surface area contributed by atoms with Crippen LogP contribution in [-0.2, 0) is 9.59 Å². The minimum atomic E-state index is -0.667. The van der Waals surface area contributed by atoms with Gasteiger partial charge < -0.3 is 10.6 Å². The normalized spacial score (nSPS) is 11.8. The van der Waals surface area contributed by atoms with E-state index in [1.807, 2.05) is 39.8 Å². The first-order valence-electron chi connectivity index (χ1n) is 7.52. The fourth-order valence-corrected chi connectivity index (χ4v) is 3.01. The van der Waals surface area contributed by atoms with Crippen molar-refractivity contribution in [3.05, 3.63) is 45.4 Å². The highest BCUT2D eigenvalue weighted by Gasteiger charge is 2.21. The van der Waals surface area contributed by atoms with Crippen LogP contribution in [0.15, 0.2) is 24.4 Å². The van der Waals surface area contributed by atoms with Crippen LogP contribution in [0.2, 0.25) is 0 Å². The quantitative estimate of drug-likeness (QED) is 0.845. The summed E-state index contributed by atoms with van der Waals surface area (Å²) in [5.74, 6) is -1.32. The number of anilines is 1. The molecule has 0 bridgehead atoms. The van der Waals surface area contributed by atoms with Gasteiger partial charge in [0.2, 0.25) is 0 Å². The molecule has 2 rings (SSSR count). The van der Waals surface area contributed by atoms with Gasteiger partial charge in [-0.25, -0.2) is 4.98 Å². The van der Waals surface area contributed by atoms with E-state index in [1.54, 1.807) is 12.3 Å². The lowest BCUT2D eigenvalue weighted by atomic mass is 10.1. The highest BCUT2D eigenvalue weighted by atomic mass is 32.1. The molecule has 0 saturated carbocycles. The number of amides is 2. The van der Waals surface area contributed by atoms with Gasteiger partial charge in [-0.05, 0) is 50.5 Å². The van der Waals surface area contributed by atoms with Crippen LogP contribution in [0.5, 0.6) is 0 Å². The summed E-state index contributed by atoms with van der Waals surface area (Å²) in [6.07, 6.45) is 2.44. The van der Waals surface area contributed by atoms with Crippen molar-refractivity contribution in [2.24, 2.45) is 0 Å². The molecule has 1 aromatic heterocycles. The molecule has 0 saturated heterocycles. The second-order valence-electron chi connectivity index (χ2n) is 5.50. The van der Waals surface area contributed by atoms with Crippen LogP contribution in [0.4, 0.5) is 5.69 Å². The minimum absolute atomic E-state index is 0.244. The van der Waals surface area contributed by atoms with E-state index in [0.717, 1.165) is 21.0 Å². The molecule has 1 heterocycles. The Balaban J connectivity index is 2.01. The molecule has 1 atom stereocenters. The van der Waals surface area contributed by atoms with Crippen molar-refractivity contribution in [2.45, 2.75) is 40.2 Å². The minimum Gasteiger partial charge on any atom is -0.339 e. The van der Waals surface area contributed by atoms with Gasteiger partial charge in [0.05, 0.1) is 6.04 Å². The van der Waals surface area contributed by atoms with Crippen molar-refractivity contribution >= 4 is 28.8 Å². The molecule has 0 spiro atoms. The van der Waals surface area contributed by atoms with E-state index in [-0.39, 0.29) is 6.04 Å². The summed E-state index contributed by atoms with van der Waals surface area (Å²) < 4.78 is 0. The molecule has 0 radical (unpaired) electrons. The van der Waals surface area contributed by atoms with Crippen molar-refractivity contribution in [1.29, 1.82) is 0 Å². The summed E-state index contributed by atoms with van der Waals surface area (Å²) in [5, 5.41) is 6.18. The molecule has 23 heavy (non-hydrogen) atoms. The summed E-state index contributed by atoms with van der Waals surface area (Å²) in [6, 6.07) is 5.30. The zero-order valence-corrected chi connectivity index (χ0v) is 14.6. The van der Waals surface area contributed by atoms with E-state index < -0.39 is 11.8 Å². The predicted octanol–water partition coefficient (Wildman–Crippen LogP) is 3.27. The molecule has 2 N–H and O–H groups in total. The van der Waals surface area contributed by atoms with Crippen molar-refractivity contribution in [3.8, 4) is 0 Å². The number of nitrogens with zero attached hydrogens (tertiary/aromatic N) is 1. The van der Waals surface area contributed by atoms with E-state index in [4.69, 9.17) is 0 Å². The van der Waals surface area contributed by atoms with Crippen LogP contribution in [0, 0.1) is 20.8 Å². The van der Waals surface area contributed by atoms with Gasteiger partial charge in [0.15, 0.2) is 0 Å². The lowest BCUT2D eigenvalue weighted by Gasteiger charge is -2.14. The van der Waals surface area contributed by atoms with Crippen molar-refractivity contribution < 1.29 is 9.59 Å². The van der Waals surface area contributed by atoms with Gasteiger partial charge in [-0.3, -0.25) is 9.59 Å². The van der Waals surface area contributed by atoms with E-state index in [1.165, 1.54) is 11.3 Å². The third-order valence-corrected chi connectivity index (χ3v) is 4.65. The van der Waals surface area contributed by atoms with Gasteiger partial charge in [-0.15, -0.1) is 11.3 Å². The molecule has 0 fully saturated rings. The fraction of sp³-hybridized carbons (Fsp3) is 0.353. The van der Waals surface area contributed by atoms with E-state index in [2.05, 4.69) is 15.6 Å². The maximum Gasteiger partial charge on any atom is 0.313 e. The molecule has 0 aliphatic heterocycles. The van der Waals surface area contributed by atoms with Gasteiger partial charge in [0.1, 0.15) is 5.01 Å². The summed E-state index contributed by atoms with van der Waals surface area (Å²) in [6.45, 7) is 7.86. The Bertz CT molecular complexity index is 724. The Labute approximate surface area is 140 Å². The Hall–Kier alpha value is -2.21. The highest BCUT2D eigenvalue weighted by Crippen LogP contribution is 2.22. The molecule has 5 nitrogen and oxygen atoms in total. The van der Waals surface area contributed by atoms with Crippen molar-refractivity contribution in [2.75, 3.05) is 5.32 Å². The lowest BCUT2D eigenvalue weighted by Crippen LogP contribution is -2.37. The molecule has 2 aromatic rings. The van der Waals surface area contributed by atoms with Crippen molar-refractivity contribution in [1.82, 2.24) is 10.3 Å². The van der Waals surface area contributed by atoms with E-state index in [9.17, 15) is 9.59 Å². The number of aromatic nitrogens is 1. The number of hydrogen-bond donors (Lipinski definition) is 2. The molecule has 0 unspecified atom stereocenters. The molecule has 1 aromatic carbocycles. The number of aryl methyl sites for hydroxylation is 3. The molecular weight excluding hydrogens is 310 g/mol. The van der Waals surface area contributed by atoms with Crippen LogP contribution in [0.1, 0.15) is 40.4 Å². The largest absolute Gasteiger partial charge is 0.339 e. The van der Waals surface area contributed by atoms with Gasteiger partial charge in [-0.1, -0.05) is 13.0 Å².